The molecule has 0 aliphatic rings. The maximum Gasteiger partial charge on any atom is 0.191 e. The molecule has 0 aliphatic heterocycles. The van der Waals surface area contributed by atoms with Gasteiger partial charge in [-0.2, -0.15) is 0 Å². The molecule has 0 heterocycles. The third kappa shape index (κ3) is 11.2. The Bertz CT molecular complexity index is 623. The minimum Gasteiger partial charge on any atom is -0.493 e. The van der Waals surface area contributed by atoms with Crippen molar-refractivity contribution < 1.29 is 14.2 Å². The Hall–Kier alpha value is -2.03. The van der Waals surface area contributed by atoms with Crippen LogP contribution in [0.2, 0.25) is 0 Å². The molecular formula is C23H43N5O3. The van der Waals surface area contributed by atoms with E-state index in [0.29, 0.717) is 13.2 Å². The number of benzene rings is 1. The van der Waals surface area contributed by atoms with Gasteiger partial charge in [0.1, 0.15) is 6.61 Å². The van der Waals surface area contributed by atoms with E-state index in [2.05, 4.69) is 52.4 Å². The van der Waals surface area contributed by atoms with E-state index in [1.54, 1.807) is 21.3 Å². The van der Waals surface area contributed by atoms with Crippen LogP contribution in [0.4, 0.5) is 0 Å². The van der Waals surface area contributed by atoms with E-state index < -0.39 is 0 Å². The zero-order chi connectivity index (χ0) is 22.9. The van der Waals surface area contributed by atoms with Crippen LogP contribution in [0.1, 0.15) is 25.8 Å². The Morgan fingerprint density at radius 2 is 1.77 bits per heavy atom. The molecule has 0 aliphatic carbocycles. The number of likely N-dealkylation sites (N-methyl/N-ethyl adjacent to an activating group) is 2. The maximum atomic E-state index is 5.94. The summed E-state index contributed by atoms with van der Waals surface area (Å²) in [5, 5.41) is 6.71. The van der Waals surface area contributed by atoms with E-state index in [9.17, 15) is 0 Å². The summed E-state index contributed by atoms with van der Waals surface area (Å²) in [5.74, 6) is 2.31. The molecule has 31 heavy (non-hydrogen) atoms. The molecule has 0 atom stereocenters. The third-order valence-corrected chi connectivity index (χ3v) is 5.15. The summed E-state index contributed by atoms with van der Waals surface area (Å²) in [5.41, 5.74) is 1.10. The highest BCUT2D eigenvalue weighted by atomic mass is 16.5. The van der Waals surface area contributed by atoms with Gasteiger partial charge in [0.2, 0.25) is 0 Å². The average molecular weight is 438 g/mol. The number of aliphatic imine (C=N–C) groups is 1. The van der Waals surface area contributed by atoms with E-state index in [-0.39, 0.29) is 0 Å². The molecule has 2 N–H and O–H groups in total. The van der Waals surface area contributed by atoms with Crippen LogP contribution in [0.3, 0.4) is 0 Å². The van der Waals surface area contributed by atoms with Crippen LogP contribution in [-0.2, 0) is 11.3 Å². The average Bonchev–Trinajstić information content (AvgIpc) is 2.79. The van der Waals surface area contributed by atoms with Gasteiger partial charge in [-0.15, -0.1) is 0 Å². The zero-order valence-corrected chi connectivity index (χ0v) is 20.4. The fourth-order valence-electron chi connectivity index (χ4n) is 3.13. The van der Waals surface area contributed by atoms with Crippen LogP contribution in [0.25, 0.3) is 0 Å². The van der Waals surface area contributed by atoms with Gasteiger partial charge in [-0.05, 0) is 44.3 Å². The second-order valence-corrected chi connectivity index (χ2v) is 7.36. The Labute approximate surface area is 188 Å². The molecule has 0 spiro atoms. The summed E-state index contributed by atoms with van der Waals surface area (Å²) in [7, 11) is 7.31. The van der Waals surface area contributed by atoms with E-state index in [1.807, 2.05) is 12.1 Å². The Kier molecular flexibility index (Phi) is 14.5. The molecule has 8 nitrogen and oxygen atoms in total. The van der Waals surface area contributed by atoms with Crippen molar-refractivity contribution in [2.45, 2.75) is 26.8 Å². The number of methoxy groups -OCH3 is 2. The summed E-state index contributed by atoms with van der Waals surface area (Å²) in [6.07, 6.45) is 1.04. The fraction of sp³-hybridized carbons (Fsp3) is 0.696. The number of rotatable bonds is 16. The van der Waals surface area contributed by atoms with Crippen molar-refractivity contribution in [2.24, 2.45) is 4.99 Å². The quantitative estimate of drug-likeness (QED) is 0.233. The number of hydrogen-bond acceptors (Lipinski definition) is 6. The van der Waals surface area contributed by atoms with Gasteiger partial charge in [-0.25, -0.2) is 0 Å². The number of nitrogens with zero attached hydrogens (tertiary/aromatic N) is 3. The SMILES string of the molecule is CCN(CC)CCOc1ccc(CNC(=NC)NCCN(C)CCCOC)cc1OC. The van der Waals surface area contributed by atoms with Crippen molar-refractivity contribution in [1.29, 1.82) is 0 Å². The van der Waals surface area contributed by atoms with Crippen LogP contribution in [-0.4, -0.2) is 96.6 Å². The third-order valence-electron chi connectivity index (χ3n) is 5.15. The lowest BCUT2D eigenvalue weighted by atomic mass is 10.2. The molecule has 178 valence electrons. The Morgan fingerprint density at radius 1 is 1.00 bits per heavy atom. The van der Waals surface area contributed by atoms with Crippen molar-refractivity contribution in [3.05, 3.63) is 23.8 Å². The van der Waals surface area contributed by atoms with Crippen molar-refractivity contribution in [3.63, 3.8) is 0 Å². The molecule has 1 aromatic carbocycles. The van der Waals surface area contributed by atoms with Gasteiger partial charge in [0.25, 0.3) is 0 Å². The molecule has 0 saturated carbocycles. The maximum absolute atomic E-state index is 5.94. The highest BCUT2D eigenvalue weighted by molar-refractivity contribution is 5.79. The molecule has 1 rings (SSSR count). The first-order chi connectivity index (χ1) is 15.1. The predicted molar refractivity (Wildman–Crippen MR) is 128 cm³/mol. The molecule has 0 bridgehead atoms. The summed E-state index contributed by atoms with van der Waals surface area (Å²) >= 11 is 0. The summed E-state index contributed by atoms with van der Waals surface area (Å²) < 4.78 is 16.6. The number of guanidine groups is 1. The summed E-state index contributed by atoms with van der Waals surface area (Å²) in [4.78, 5) is 8.92. The Morgan fingerprint density at radius 3 is 2.42 bits per heavy atom. The van der Waals surface area contributed by atoms with Gasteiger partial charge in [0.05, 0.1) is 7.11 Å². The molecule has 0 radical (unpaired) electrons. The predicted octanol–water partition coefficient (Wildman–Crippen LogP) is 2.05. The van der Waals surface area contributed by atoms with E-state index >= 15 is 0 Å². The minimum atomic E-state index is 0.645. The Balaban J connectivity index is 2.45. The standard InChI is InChI=1S/C23H43N5O3/c1-7-28(8-2)15-17-31-21-11-10-20(18-22(21)30-6)19-26-23(24-3)25-12-14-27(4)13-9-16-29-5/h10-11,18H,7-9,12-17,19H2,1-6H3,(H2,24,25,26). The van der Waals surface area contributed by atoms with Crippen LogP contribution >= 0.6 is 0 Å². The first-order valence-electron chi connectivity index (χ1n) is 11.2. The fourth-order valence-corrected chi connectivity index (χ4v) is 3.13. The largest absolute Gasteiger partial charge is 0.493 e. The highest BCUT2D eigenvalue weighted by Gasteiger charge is 2.08. The second-order valence-electron chi connectivity index (χ2n) is 7.36. The minimum absolute atomic E-state index is 0.645. The van der Waals surface area contributed by atoms with Gasteiger partial charge in [0.15, 0.2) is 17.5 Å². The summed E-state index contributed by atoms with van der Waals surface area (Å²) in [6.45, 7) is 12.2. The number of nitrogens with one attached hydrogen (secondary N) is 2. The van der Waals surface area contributed by atoms with Crippen LogP contribution in [0.15, 0.2) is 23.2 Å². The molecule has 0 amide bonds. The number of ether oxygens (including phenoxy) is 3. The van der Waals surface area contributed by atoms with E-state index in [0.717, 1.165) is 75.3 Å². The molecular weight excluding hydrogens is 394 g/mol. The molecule has 8 heteroatoms. The lowest BCUT2D eigenvalue weighted by Gasteiger charge is -2.19. The van der Waals surface area contributed by atoms with Crippen molar-refractivity contribution in [3.8, 4) is 11.5 Å². The van der Waals surface area contributed by atoms with Crippen LogP contribution in [0, 0.1) is 0 Å². The van der Waals surface area contributed by atoms with E-state index in [1.165, 1.54) is 0 Å². The normalized spacial score (nSPS) is 11.8. The second kappa shape index (κ2) is 16.6. The molecule has 1 aromatic rings. The zero-order valence-electron chi connectivity index (χ0n) is 20.4. The van der Waals surface area contributed by atoms with Gasteiger partial charge >= 0.3 is 0 Å². The van der Waals surface area contributed by atoms with Gasteiger partial charge in [0, 0.05) is 53.5 Å². The smallest absolute Gasteiger partial charge is 0.191 e. The summed E-state index contributed by atoms with van der Waals surface area (Å²) in [6, 6.07) is 6.04. The van der Waals surface area contributed by atoms with Crippen LogP contribution < -0.4 is 20.1 Å². The lowest BCUT2D eigenvalue weighted by Crippen LogP contribution is -2.40. The van der Waals surface area contributed by atoms with Crippen LogP contribution in [0.5, 0.6) is 11.5 Å². The highest BCUT2D eigenvalue weighted by Crippen LogP contribution is 2.28. The van der Waals surface area contributed by atoms with E-state index in [4.69, 9.17) is 14.2 Å². The van der Waals surface area contributed by atoms with Gasteiger partial charge in [-0.1, -0.05) is 19.9 Å². The monoisotopic (exact) mass is 437 g/mol. The van der Waals surface area contributed by atoms with Crippen molar-refractivity contribution >= 4 is 5.96 Å². The molecule has 0 saturated heterocycles. The molecule has 0 unspecified atom stereocenters. The first-order valence-corrected chi connectivity index (χ1v) is 11.2. The molecule has 0 fully saturated rings. The van der Waals surface area contributed by atoms with Gasteiger partial charge < -0.3 is 34.6 Å². The topological polar surface area (TPSA) is 70.6 Å². The molecule has 0 aromatic heterocycles. The lowest BCUT2D eigenvalue weighted by molar-refractivity contribution is 0.180. The van der Waals surface area contributed by atoms with Crippen molar-refractivity contribution in [2.75, 3.05) is 80.8 Å². The van der Waals surface area contributed by atoms with Gasteiger partial charge in [-0.3, -0.25) is 4.99 Å². The first kappa shape index (κ1) is 27.0. The number of hydrogen-bond donors (Lipinski definition) is 2. The van der Waals surface area contributed by atoms with Crippen molar-refractivity contribution in [1.82, 2.24) is 20.4 Å².